The van der Waals surface area contributed by atoms with Crippen LogP contribution in [0.25, 0.3) is 0 Å². The summed E-state index contributed by atoms with van der Waals surface area (Å²) in [5.41, 5.74) is 2.79. The summed E-state index contributed by atoms with van der Waals surface area (Å²) in [4.78, 5) is 11.7. The lowest BCUT2D eigenvalue weighted by Gasteiger charge is -2.73. The molecule has 204 valence electrons. The van der Waals surface area contributed by atoms with Crippen molar-refractivity contribution in [1.82, 2.24) is 5.32 Å². The van der Waals surface area contributed by atoms with E-state index < -0.39 is 0 Å². The van der Waals surface area contributed by atoms with Gasteiger partial charge in [0.1, 0.15) is 5.78 Å². The van der Waals surface area contributed by atoms with Gasteiger partial charge < -0.3 is 10.4 Å². The van der Waals surface area contributed by atoms with Gasteiger partial charge in [0.25, 0.3) is 0 Å². The van der Waals surface area contributed by atoms with Gasteiger partial charge in [-0.3, -0.25) is 4.79 Å². The van der Waals surface area contributed by atoms with E-state index in [-0.39, 0.29) is 17.3 Å². The Bertz CT molecular complexity index is 909. The molecule has 10 atom stereocenters. The van der Waals surface area contributed by atoms with Crippen LogP contribution in [0.2, 0.25) is 0 Å². The van der Waals surface area contributed by atoms with E-state index in [2.05, 4.69) is 53.4 Å². The van der Waals surface area contributed by atoms with E-state index in [0.717, 1.165) is 24.8 Å². The lowest BCUT2D eigenvalue weighted by Crippen LogP contribution is -2.67. The summed E-state index contributed by atoms with van der Waals surface area (Å²) in [7, 11) is 0. The van der Waals surface area contributed by atoms with Gasteiger partial charge in [-0.15, -0.1) is 0 Å². The number of fused-ring (bicyclic) bond motifs is 7. The second-order valence-electron chi connectivity index (χ2n) is 15.7. The van der Waals surface area contributed by atoms with Crippen molar-refractivity contribution in [3.8, 4) is 0 Å². The Morgan fingerprint density at radius 1 is 0.861 bits per heavy atom. The number of ketones is 1. The molecule has 3 nitrogen and oxygen atoms in total. The zero-order valence-corrected chi connectivity index (χ0v) is 24.5. The van der Waals surface area contributed by atoms with Gasteiger partial charge in [0.2, 0.25) is 0 Å². The van der Waals surface area contributed by atoms with Crippen LogP contribution in [-0.2, 0) is 4.79 Å². The average molecular weight is 498 g/mol. The molecule has 5 saturated carbocycles. The van der Waals surface area contributed by atoms with Gasteiger partial charge in [-0.2, -0.15) is 0 Å². The number of hydrogen-bond donors (Lipinski definition) is 2. The quantitative estimate of drug-likeness (QED) is 0.395. The summed E-state index contributed by atoms with van der Waals surface area (Å²) < 4.78 is 0. The predicted molar refractivity (Wildman–Crippen MR) is 149 cm³/mol. The van der Waals surface area contributed by atoms with Gasteiger partial charge in [0.05, 0.1) is 12.6 Å². The van der Waals surface area contributed by atoms with Crippen LogP contribution in [0.15, 0.2) is 12.2 Å². The molecule has 5 aliphatic carbocycles. The highest BCUT2D eigenvalue weighted by Crippen LogP contribution is 2.77. The molecule has 0 radical (unpaired) electrons. The minimum absolute atomic E-state index is 0.0205. The van der Waals surface area contributed by atoms with Crippen LogP contribution in [0.1, 0.15) is 113 Å². The zero-order chi connectivity index (χ0) is 26.3. The number of rotatable bonds is 5. The van der Waals surface area contributed by atoms with E-state index in [1.54, 1.807) is 6.92 Å². The maximum Gasteiger partial charge on any atom is 0.143 e. The molecule has 0 aromatic carbocycles. The smallest absolute Gasteiger partial charge is 0.143 e. The van der Waals surface area contributed by atoms with Crippen LogP contribution < -0.4 is 5.32 Å². The summed E-state index contributed by atoms with van der Waals surface area (Å²) in [6, 6.07) is 0. The molecule has 5 rings (SSSR count). The van der Waals surface area contributed by atoms with Crippen molar-refractivity contribution < 1.29 is 9.90 Å². The van der Waals surface area contributed by atoms with E-state index in [0.29, 0.717) is 46.0 Å². The highest BCUT2D eigenvalue weighted by atomic mass is 16.3. The van der Waals surface area contributed by atoms with Crippen LogP contribution in [0.4, 0.5) is 0 Å². The van der Waals surface area contributed by atoms with Crippen LogP contribution in [-0.4, -0.2) is 30.1 Å². The highest BCUT2D eigenvalue weighted by Gasteiger charge is 2.70. The first-order valence-corrected chi connectivity index (χ1v) is 15.3. The molecule has 0 bridgehead atoms. The molecule has 5 fully saturated rings. The third-order valence-electron chi connectivity index (χ3n) is 14.1. The first-order valence-electron chi connectivity index (χ1n) is 15.3. The molecule has 0 heterocycles. The maximum absolute atomic E-state index is 11.7. The monoisotopic (exact) mass is 497 g/mol. The van der Waals surface area contributed by atoms with E-state index in [1.165, 1.54) is 63.4 Å². The summed E-state index contributed by atoms with van der Waals surface area (Å²) in [6.45, 7) is 22.8. The van der Waals surface area contributed by atoms with Crippen molar-refractivity contribution in [2.24, 2.45) is 56.7 Å². The van der Waals surface area contributed by atoms with E-state index in [1.807, 2.05) is 0 Å². The van der Waals surface area contributed by atoms with Gasteiger partial charge in [-0.05, 0) is 135 Å². The highest BCUT2D eigenvalue weighted by molar-refractivity contribution is 5.77. The standard InChI is InChI=1S/C33H55NO2/c1-21(2)23-11-16-33(20-34-19-22(3)35)18-17-31(7)24(28(23)33)9-10-26-30(6)14-13-27(36)29(4,5)25(30)12-15-32(26,31)8/h23-28,34,36H,1,9-20H2,2-8H3/t23-,24+,25-,26+,27-,28+,30-,31+,32+,33+/m0/s1. The summed E-state index contributed by atoms with van der Waals surface area (Å²) >= 11 is 0. The maximum atomic E-state index is 11.7. The Labute approximate surface area is 221 Å². The molecule has 0 amide bonds. The fourth-order valence-electron chi connectivity index (χ4n) is 12.1. The third kappa shape index (κ3) is 3.53. The van der Waals surface area contributed by atoms with E-state index in [4.69, 9.17) is 0 Å². The molecule has 0 saturated heterocycles. The van der Waals surface area contributed by atoms with Crippen LogP contribution in [0, 0.1) is 56.7 Å². The van der Waals surface area contributed by atoms with Crippen molar-refractivity contribution in [2.45, 2.75) is 119 Å². The molecule has 5 aliphatic rings. The van der Waals surface area contributed by atoms with E-state index in [9.17, 15) is 9.90 Å². The number of aliphatic hydroxyl groups excluding tert-OH is 1. The summed E-state index contributed by atoms with van der Waals surface area (Å²) in [5.74, 6) is 3.70. The first-order chi connectivity index (χ1) is 16.7. The summed E-state index contributed by atoms with van der Waals surface area (Å²) in [6.07, 6.45) is 12.5. The molecule has 3 heteroatoms. The Morgan fingerprint density at radius 2 is 1.58 bits per heavy atom. The third-order valence-corrected chi connectivity index (χ3v) is 14.1. The lowest BCUT2D eigenvalue weighted by molar-refractivity contribution is -0.247. The van der Waals surface area contributed by atoms with Crippen molar-refractivity contribution in [2.75, 3.05) is 13.1 Å². The lowest BCUT2D eigenvalue weighted by atomic mass is 9.32. The average Bonchev–Trinajstić information content (AvgIpc) is 3.17. The topological polar surface area (TPSA) is 49.3 Å². The van der Waals surface area contributed by atoms with Crippen LogP contribution in [0.5, 0.6) is 0 Å². The molecular weight excluding hydrogens is 442 g/mol. The minimum atomic E-state index is -0.153. The minimum Gasteiger partial charge on any atom is -0.393 e. The largest absolute Gasteiger partial charge is 0.393 e. The predicted octanol–water partition coefficient (Wildman–Crippen LogP) is 7.18. The van der Waals surface area contributed by atoms with Gasteiger partial charge in [0.15, 0.2) is 0 Å². The van der Waals surface area contributed by atoms with Crippen molar-refractivity contribution in [3.05, 3.63) is 12.2 Å². The van der Waals surface area contributed by atoms with Crippen molar-refractivity contribution in [3.63, 3.8) is 0 Å². The SMILES string of the molecule is C=C(C)[C@@H]1CC[C@]2(CNCC(C)=O)CC[C@]3(C)[C@H](CC[C@@H]4[C@@]5(C)CC[C@H](O)C(C)(C)[C@@H]5CC[C@]43C)[C@@H]12. The van der Waals surface area contributed by atoms with Crippen LogP contribution >= 0.6 is 0 Å². The number of carbonyl (C=O) groups excluding carboxylic acids is 1. The number of aliphatic hydroxyl groups is 1. The Kier molecular flexibility index (Phi) is 6.48. The molecule has 0 spiro atoms. The normalized spacial score (nSPS) is 51.4. The number of nitrogens with one attached hydrogen (secondary N) is 1. The molecule has 0 aromatic heterocycles. The molecule has 0 aliphatic heterocycles. The number of Topliss-reactive ketones (excluding diaryl/α,β-unsaturated/α-hetero) is 1. The van der Waals surface area contributed by atoms with E-state index >= 15 is 0 Å². The van der Waals surface area contributed by atoms with Crippen molar-refractivity contribution >= 4 is 5.78 Å². The number of hydrogen-bond acceptors (Lipinski definition) is 3. The van der Waals surface area contributed by atoms with Gasteiger partial charge >= 0.3 is 0 Å². The van der Waals surface area contributed by atoms with Gasteiger partial charge in [-0.25, -0.2) is 0 Å². The Hall–Kier alpha value is -0.670. The molecule has 0 unspecified atom stereocenters. The molecular formula is C33H55NO2. The van der Waals surface area contributed by atoms with Gasteiger partial charge in [-0.1, -0.05) is 46.8 Å². The number of allylic oxidation sites excluding steroid dienone is 1. The van der Waals surface area contributed by atoms with Crippen molar-refractivity contribution in [1.29, 1.82) is 0 Å². The second kappa shape index (κ2) is 8.67. The molecule has 0 aromatic rings. The fraction of sp³-hybridized carbons (Fsp3) is 0.909. The zero-order valence-electron chi connectivity index (χ0n) is 24.5. The first kappa shape index (κ1) is 26.9. The molecule has 2 N–H and O–H groups in total. The summed E-state index contributed by atoms with van der Waals surface area (Å²) in [5, 5.41) is 14.6. The Morgan fingerprint density at radius 3 is 2.25 bits per heavy atom. The second-order valence-corrected chi connectivity index (χ2v) is 15.7. The molecule has 36 heavy (non-hydrogen) atoms. The Balaban J connectivity index is 1.50. The van der Waals surface area contributed by atoms with Crippen LogP contribution in [0.3, 0.4) is 0 Å². The van der Waals surface area contributed by atoms with Gasteiger partial charge in [0, 0.05) is 6.54 Å². The fourth-order valence-corrected chi connectivity index (χ4v) is 12.1. The number of carbonyl (C=O) groups is 1.